The van der Waals surface area contributed by atoms with Crippen LogP contribution in [0, 0.1) is 12.8 Å². The fourth-order valence-electron chi connectivity index (χ4n) is 3.05. The van der Waals surface area contributed by atoms with Crippen molar-refractivity contribution < 1.29 is 4.52 Å². The van der Waals surface area contributed by atoms with Crippen molar-refractivity contribution in [2.45, 2.75) is 52.4 Å². The van der Waals surface area contributed by atoms with Gasteiger partial charge in [-0.1, -0.05) is 31.8 Å². The molecule has 22 heavy (non-hydrogen) atoms. The second-order valence-electron chi connectivity index (χ2n) is 6.51. The molecule has 3 rings (SSSR count). The lowest BCUT2D eigenvalue weighted by atomic mass is 10.0. The van der Waals surface area contributed by atoms with Gasteiger partial charge in [0.15, 0.2) is 5.76 Å². The molecule has 5 nitrogen and oxygen atoms in total. The minimum absolute atomic E-state index is 0.301. The molecule has 0 aliphatic heterocycles. The Morgan fingerprint density at radius 1 is 1.32 bits per heavy atom. The van der Waals surface area contributed by atoms with Gasteiger partial charge in [-0.05, 0) is 31.6 Å². The van der Waals surface area contributed by atoms with E-state index in [0.29, 0.717) is 5.92 Å². The summed E-state index contributed by atoms with van der Waals surface area (Å²) in [7, 11) is 0. The molecule has 5 heteroatoms. The minimum atomic E-state index is 0.301. The summed E-state index contributed by atoms with van der Waals surface area (Å²) in [5.41, 5.74) is 2.80. The summed E-state index contributed by atoms with van der Waals surface area (Å²) >= 11 is 0. The molecule has 118 valence electrons. The van der Waals surface area contributed by atoms with E-state index < -0.39 is 0 Å². The lowest BCUT2D eigenvalue weighted by molar-refractivity contribution is 0.426. The Kier molecular flexibility index (Phi) is 4.41. The zero-order chi connectivity index (χ0) is 15.5. The van der Waals surface area contributed by atoms with E-state index in [0.717, 1.165) is 41.1 Å². The molecule has 1 aliphatic carbocycles. The Labute approximate surface area is 131 Å². The van der Waals surface area contributed by atoms with Crippen LogP contribution >= 0.6 is 0 Å². The number of hydrogen-bond donors (Lipinski definition) is 1. The Balaban J connectivity index is 1.80. The third-order valence-corrected chi connectivity index (χ3v) is 4.28. The van der Waals surface area contributed by atoms with Crippen molar-refractivity contribution in [1.82, 2.24) is 15.1 Å². The van der Waals surface area contributed by atoms with E-state index >= 15 is 0 Å². The van der Waals surface area contributed by atoms with Crippen LogP contribution in [0.1, 0.15) is 56.8 Å². The predicted octanol–water partition coefficient (Wildman–Crippen LogP) is 4.17. The molecule has 0 saturated heterocycles. The first-order valence-electron chi connectivity index (χ1n) is 8.18. The summed E-state index contributed by atoms with van der Waals surface area (Å²) < 4.78 is 5.37. The lowest BCUT2D eigenvalue weighted by Crippen LogP contribution is -2.14. The Hall–Kier alpha value is -1.91. The molecule has 1 aliphatic rings. The quantitative estimate of drug-likeness (QED) is 0.898. The summed E-state index contributed by atoms with van der Waals surface area (Å²) in [6.07, 6.45) is 7.20. The van der Waals surface area contributed by atoms with Crippen molar-refractivity contribution in [1.29, 1.82) is 0 Å². The fourth-order valence-corrected chi connectivity index (χ4v) is 3.05. The molecule has 1 fully saturated rings. The van der Waals surface area contributed by atoms with Crippen molar-refractivity contribution >= 4 is 5.95 Å². The molecule has 0 atom stereocenters. The number of rotatable bonds is 5. The molecular formula is C17H24N4O. The van der Waals surface area contributed by atoms with Crippen LogP contribution in [0.4, 0.5) is 5.95 Å². The second kappa shape index (κ2) is 6.46. The third kappa shape index (κ3) is 3.29. The van der Waals surface area contributed by atoms with Gasteiger partial charge in [-0.3, -0.25) is 0 Å². The van der Waals surface area contributed by atoms with E-state index in [2.05, 4.69) is 29.3 Å². The standard InChI is InChI=1S/C17H24N4O/c1-11(2)16-14(15-8-12(3)21-22-15)10-19-17(20-16)18-9-13-6-4-5-7-13/h8,10-11,13H,4-7,9H2,1-3H3,(H,18,19,20). The molecule has 0 aromatic carbocycles. The lowest BCUT2D eigenvalue weighted by Gasteiger charge is -2.14. The van der Waals surface area contributed by atoms with Crippen LogP contribution in [-0.2, 0) is 0 Å². The van der Waals surface area contributed by atoms with Crippen LogP contribution in [0.25, 0.3) is 11.3 Å². The van der Waals surface area contributed by atoms with Crippen LogP contribution in [0.5, 0.6) is 0 Å². The van der Waals surface area contributed by atoms with Crippen molar-refractivity contribution in [2.24, 2.45) is 5.92 Å². The van der Waals surface area contributed by atoms with Gasteiger partial charge in [0.2, 0.25) is 5.95 Å². The van der Waals surface area contributed by atoms with Gasteiger partial charge in [0.05, 0.1) is 17.0 Å². The summed E-state index contributed by atoms with van der Waals surface area (Å²) in [4.78, 5) is 9.17. The van der Waals surface area contributed by atoms with E-state index in [9.17, 15) is 0 Å². The maximum absolute atomic E-state index is 5.37. The minimum Gasteiger partial charge on any atom is -0.356 e. The van der Waals surface area contributed by atoms with Crippen molar-refractivity contribution in [3.8, 4) is 11.3 Å². The maximum Gasteiger partial charge on any atom is 0.222 e. The predicted molar refractivity (Wildman–Crippen MR) is 86.8 cm³/mol. The van der Waals surface area contributed by atoms with Gasteiger partial charge < -0.3 is 9.84 Å². The molecule has 0 spiro atoms. The van der Waals surface area contributed by atoms with Crippen molar-refractivity contribution in [2.75, 3.05) is 11.9 Å². The van der Waals surface area contributed by atoms with Gasteiger partial charge in [0, 0.05) is 18.8 Å². The van der Waals surface area contributed by atoms with Crippen molar-refractivity contribution in [3.05, 3.63) is 23.7 Å². The molecule has 0 unspecified atom stereocenters. The SMILES string of the molecule is Cc1cc(-c2cnc(NCC3CCCC3)nc2C(C)C)on1. The monoisotopic (exact) mass is 300 g/mol. The van der Waals surface area contributed by atoms with Crippen LogP contribution < -0.4 is 5.32 Å². The highest BCUT2D eigenvalue weighted by Crippen LogP contribution is 2.29. The molecule has 0 amide bonds. The second-order valence-corrected chi connectivity index (χ2v) is 6.51. The van der Waals surface area contributed by atoms with Gasteiger partial charge in [-0.25, -0.2) is 9.97 Å². The third-order valence-electron chi connectivity index (χ3n) is 4.28. The maximum atomic E-state index is 5.37. The zero-order valence-corrected chi connectivity index (χ0v) is 13.6. The van der Waals surface area contributed by atoms with E-state index in [4.69, 9.17) is 9.51 Å². The van der Waals surface area contributed by atoms with Gasteiger partial charge in [0.1, 0.15) is 0 Å². The van der Waals surface area contributed by atoms with E-state index in [-0.39, 0.29) is 0 Å². The van der Waals surface area contributed by atoms with E-state index in [1.54, 1.807) is 0 Å². The van der Waals surface area contributed by atoms with Gasteiger partial charge in [0.25, 0.3) is 0 Å². The van der Waals surface area contributed by atoms with Crippen LogP contribution in [0.15, 0.2) is 16.8 Å². The smallest absolute Gasteiger partial charge is 0.222 e. The molecule has 2 aromatic heterocycles. The average Bonchev–Trinajstić information content (AvgIpc) is 3.16. The van der Waals surface area contributed by atoms with Crippen LogP contribution in [0.3, 0.4) is 0 Å². The van der Waals surface area contributed by atoms with Gasteiger partial charge in [-0.15, -0.1) is 0 Å². The fraction of sp³-hybridized carbons (Fsp3) is 0.588. The molecule has 1 N–H and O–H groups in total. The van der Waals surface area contributed by atoms with Gasteiger partial charge >= 0.3 is 0 Å². The highest BCUT2D eigenvalue weighted by atomic mass is 16.5. The summed E-state index contributed by atoms with van der Waals surface area (Å²) in [6.45, 7) is 7.16. The number of hydrogen-bond acceptors (Lipinski definition) is 5. The largest absolute Gasteiger partial charge is 0.356 e. The molecular weight excluding hydrogens is 276 g/mol. The highest BCUT2D eigenvalue weighted by molar-refractivity contribution is 5.61. The first-order valence-corrected chi connectivity index (χ1v) is 8.18. The highest BCUT2D eigenvalue weighted by Gasteiger charge is 2.18. The molecule has 1 saturated carbocycles. The van der Waals surface area contributed by atoms with E-state index in [1.807, 2.05) is 19.2 Å². The van der Waals surface area contributed by atoms with E-state index in [1.165, 1.54) is 25.7 Å². The Morgan fingerprint density at radius 3 is 2.73 bits per heavy atom. The number of nitrogens with zero attached hydrogens (tertiary/aromatic N) is 3. The zero-order valence-electron chi connectivity index (χ0n) is 13.6. The van der Waals surface area contributed by atoms with Crippen LogP contribution in [0.2, 0.25) is 0 Å². The normalized spacial score (nSPS) is 15.6. The molecule has 2 aromatic rings. The summed E-state index contributed by atoms with van der Waals surface area (Å²) in [5.74, 6) is 2.53. The molecule has 0 bridgehead atoms. The first-order chi connectivity index (χ1) is 10.6. The number of aromatic nitrogens is 3. The topological polar surface area (TPSA) is 63.8 Å². The summed E-state index contributed by atoms with van der Waals surface area (Å²) in [5, 5.41) is 7.36. The number of aryl methyl sites for hydroxylation is 1. The Bertz CT molecular complexity index is 629. The number of nitrogens with one attached hydrogen (secondary N) is 1. The van der Waals surface area contributed by atoms with Gasteiger partial charge in [-0.2, -0.15) is 0 Å². The van der Waals surface area contributed by atoms with Crippen molar-refractivity contribution in [3.63, 3.8) is 0 Å². The summed E-state index contributed by atoms with van der Waals surface area (Å²) in [6, 6.07) is 1.93. The molecule has 0 radical (unpaired) electrons. The average molecular weight is 300 g/mol. The van der Waals surface area contributed by atoms with Crippen LogP contribution in [-0.4, -0.2) is 21.7 Å². The number of anilines is 1. The first kappa shape index (κ1) is 15.0. The molecule has 2 heterocycles. The Morgan fingerprint density at radius 2 is 2.09 bits per heavy atom.